The van der Waals surface area contributed by atoms with Crippen molar-refractivity contribution in [3.05, 3.63) is 122 Å². The van der Waals surface area contributed by atoms with E-state index in [2.05, 4.69) is 13.2 Å². The summed E-state index contributed by atoms with van der Waals surface area (Å²) in [5.74, 6) is 2.17. The lowest BCUT2D eigenvalue weighted by Crippen LogP contribution is -2.13. The molecule has 0 spiro atoms. The first kappa shape index (κ1) is 36.2. The molecule has 0 aliphatic carbocycles. The Balaban J connectivity index is 1.08. The van der Waals surface area contributed by atoms with Gasteiger partial charge in [-0.3, -0.25) is 0 Å². The first-order valence-electron chi connectivity index (χ1n) is 15.0. The van der Waals surface area contributed by atoms with E-state index in [0.29, 0.717) is 62.6 Å². The predicted octanol–water partition coefficient (Wildman–Crippen LogP) is 5.97. The van der Waals surface area contributed by atoms with Gasteiger partial charge in [0.1, 0.15) is 49.4 Å². The molecule has 0 aromatic heterocycles. The Morgan fingerprint density at radius 3 is 0.917 bits per heavy atom. The van der Waals surface area contributed by atoms with E-state index < -0.39 is 19.7 Å². The Morgan fingerprint density at radius 1 is 0.396 bits per heavy atom. The molecule has 0 unspecified atom stereocenters. The lowest BCUT2D eigenvalue weighted by Gasteiger charge is -2.10. The zero-order chi connectivity index (χ0) is 34.2. The van der Waals surface area contributed by atoms with Gasteiger partial charge in [0.15, 0.2) is 0 Å². The van der Waals surface area contributed by atoms with Crippen LogP contribution in [0.3, 0.4) is 0 Å². The quantitative estimate of drug-likeness (QED) is 0.0761. The summed E-state index contributed by atoms with van der Waals surface area (Å²) in [5.41, 5.74) is 0. The maximum atomic E-state index is 12.9. The van der Waals surface area contributed by atoms with E-state index in [1.807, 2.05) is 0 Å². The molecule has 48 heavy (non-hydrogen) atoms. The van der Waals surface area contributed by atoms with Crippen molar-refractivity contribution in [3.8, 4) is 23.0 Å². The van der Waals surface area contributed by atoms with Crippen LogP contribution in [0.2, 0.25) is 0 Å². The van der Waals surface area contributed by atoms with E-state index in [4.69, 9.17) is 28.4 Å². The van der Waals surface area contributed by atoms with Crippen molar-refractivity contribution >= 4 is 19.7 Å². The zero-order valence-corrected chi connectivity index (χ0v) is 28.0. The fraction of sp³-hybridized carbons (Fsp3) is 0.222. The highest BCUT2D eigenvalue weighted by atomic mass is 32.2. The molecule has 10 nitrogen and oxygen atoms in total. The first-order chi connectivity index (χ1) is 23.2. The number of rotatable bonds is 21. The van der Waals surface area contributed by atoms with E-state index in [1.165, 1.54) is 48.5 Å². The molecule has 0 atom stereocenters. The molecule has 0 saturated heterocycles. The van der Waals surface area contributed by atoms with Crippen molar-refractivity contribution < 1.29 is 45.3 Å². The first-order valence-corrected chi connectivity index (χ1v) is 18.0. The third-order valence-electron chi connectivity index (χ3n) is 6.64. The lowest BCUT2D eigenvalue weighted by atomic mass is 10.3. The molecular formula is C36H38O10S2. The van der Waals surface area contributed by atoms with Crippen molar-refractivity contribution in [1.29, 1.82) is 0 Å². The number of sulfone groups is 2. The van der Waals surface area contributed by atoms with E-state index in [0.717, 1.165) is 0 Å². The van der Waals surface area contributed by atoms with Crippen LogP contribution >= 0.6 is 0 Å². The molecule has 0 saturated carbocycles. The van der Waals surface area contributed by atoms with Crippen LogP contribution in [0.5, 0.6) is 23.0 Å². The van der Waals surface area contributed by atoms with Crippen LogP contribution in [0.15, 0.2) is 142 Å². The molecule has 4 rings (SSSR count). The van der Waals surface area contributed by atoms with Crippen LogP contribution in [0.25, 0.3) is 0 Å². The monoisotopic (exact) mass is 694 g/mol. The zero-order valence-electron chi connectivity index (χ0n) is 26.4. The third kappa shape index (κ3) is 10.4. The van der Waals surface area contributed by atoms with Crippen molar-refractivity contribution in [2.75, 3.05) is 52.9 Å². The van der Waals surface area contributed by atoms with E-state index >= 15 is 0 Å². The number of hydrogen-bond acceptors (Lipinski definition) is 10. The van der Waals surface area contributed by atoms with Crippen LogP contribution in [0.4, 0.5) is 0 Å². The van der Waals surface area contributed by atoms with Gasteiger partial charge in [-0.1, -0.05) is 25.3 Å². The summed E-state index contributed by atoms with van der Waals surface area (Å²) in [6.07, 6.45) is 3.23. The molecular weight excluding hydrogens is 657 g/mol. The van der Waals surface area contributed by atoms with Gasteiger partial charge in [0, 0.05) is 0 Å². The van der Waals surface area contributed by atoms with Gasteiger partial charge in [-0.05, 0) is 97.1 Å². The molecule has 0 radical (unpaired) electrons. The SMILES string of the molecule is C=CCOc1ccc(S(=O)(=O)c2ccc(OCCOCCOCCOc3ccc(S(=O)(=O)c4ccc(OCC=C)cc4)cc3)cc2)cc1. The van der Waals surface area contributed by atoms with Crippen LogP contribution in [0, 0.1) is 0 Å². The molecule has 0 aliphatic heterocycles. The number of ether oxygens (including phenoxy) is 6. The van der Waals surface area contributed by atoms with Gasteiger partial charge in [-0.2, -0.15) is 0 Å². The maximum Gasteiger partial charge on any atom is 0.206 e. The Morgan fingerprint density at radius 2 is 0.646 bits per heavy atom. The molecule has 0 heterocycles. The minimum Gasteiger partial charge on any atom is -0.491 e. The number of hydrogen-bond donors (Lipinski definition) is 0. The van der Waals surface area contributed by atoms with Gasteiger partial charge >= 0.3 is 0 Å². The molecule has 0 N–H and O–H groups in total. The predicted molar refractivity (Wildman–Crippen MR) is 181 cm³/mol. The topological polar surface area (TPSA) is 124 Å². The Bertz CT molecular complexity index is 1670. The van der Waals surface area contributed by atoms with Gasteiger partial charge in [0.2, 0.25) is 19.7 Å². The highest BCUT2D eigenvalue weighted by Gasteiger charge is 2.19. The fourth-order valence-corrected chi connectivity index (χ4v) is 6.72. The Kier molecular flexibility index (Phi) is 13.6. The molecule has 254 valence electrons. The highest BCUT2D eigenvalue weighted by molar-refractivity contribution is 7.91. The smallest absolute Gasteiger partial charge is 0.206 e. The second-order valence-corrected chi connectivity index (χ2v) is 13.9. The second kappa shape index (κ2) is 18.1. The molecule has 0 amide bonds. The molecule has 0 bridgehead atoms. The van der Waals surface area contributed by atoms with Crippen LogP contribution in [-0.2, 0) is 29.1 Å². The Labute approximate surface area is 282 Å². The average Bonchev–Trinajstić information content (AvgIpc) is 3.11. The standard InChI is InChI=1S/C36H38O10S2/c1-3-21-43-29-5-13-33(14-6-29)47(37,38)35-17-9-31(10-18-35)45-27-25-41-23-24-42-26-28-46-32-11-19-36(20-12-32)48(39,40)34-15-7-30(8-16-34)44-22-4-2/h3-20H,1-2,21-28H2. The van der Waals surface area contributed by atoms with Gasteiger partial charge < -0.3 is 28.4 Å². The van der Waals surface area contributed by atoms with Crippen molar-refractivity contribution in [2.45, 2.75) is 19.6 Å². The minimum absolute atomic E-state index is 0.157. The summed E-state index contributed by atoms with van der Waals surface area (Å²) >= 11 is 0. The summed E-state index contributed by atoms with van der Waals surface area (Å²) < 4.78 is 84.9. The van der Waals surface area contributed by atoms with Crippen LogP contribution in [-0.4, -0.2) is 69.7 Å². The van der Waals surface area contributed by atoms with Crippen molar-refractivity contribution in [2.24, 2.45) is 0 Å². The molecule has 0 fully saturated rings. The summed E-state index contributed by atoms with van der Waals surface area (Å²) in [4.78, 5) is 0.650. The summed E-state index contributed by atoms with van der Waals surface area (Å²) in [7, 11) is -7.35. The van der Waals surface area contributed by atoms with E-state index in [9.17, 15) is 16.8 Å². The minimum atomic E-state index is -3.68. The molecule has 12 heteroatoms. The fourth-order valence-electron chi connectivity index (χ4n) is 4.20. The normalized spacial score (nSPS) is 11.4. The second-order valence-electron chi connectivity index (χ2n) is 10.0. The third-order valence-corrected chi connectivity index (χ3v) is 10.2. The highest BCUT2D eigenvalue weighted by Crippen LogP contribution is 2.26. The van der Waals surface area contributed by atoms with Gasteiger partial charge in [-0.25, -0.2) is 16.8 Å². The van der Waals surface area contributed by atoms with Crippen LogP contribution < -0.4 is 18.9 Å². The maximum absolute atomic E-state index is 12.9. The Hall–Kier alpha value is -4.62. The molecule has 0 aliphatic rings. The largest absolute Gasteiger partial charge is 0.491 e. The lowest BCUT2D eigenvalue weighted by molar-refractivity contribution is 0.0273. The van der Waals surface area contributed by atoms with Crippen molar-refractivity contribution in [1.82, 2.24) is 0 Å². The van der Waals surface area contributed by atoms with Gasteiger partial charge in [0.25, 0.3) is 0 Å². The van der Waals surface area contributed by atoms with Gasteiger partial charge in [0.05, 0.1) is 46.0 Å². The van der Waals surface area contributed by atoms with E-state index in [-0.39, 0.29) is 32.8 Å². The summed E-state index contributed by atoms with van der Waals surface area (Å²) in [6.45, 7) is 9.76. The van der Waals surface area contributed by atoms with Gasteiger partial charge in [-0.15, -0.1) is 0 Å². The molecule has 4 aromatic rings. The average molecular weight is 695 g/mol. The molecule has 4 aromatic carbocycles. The number of benzene rings is 4. The van der Waals surface area contributed by atoms with E-state index in [1.54, 1.807) is 60.7 Å². The van der Waals surface area contributed by atoms with Crippen LogP contribution in [0.1, 0.15) is 0 Å². The summed E-state index contributed by atoms with van der Waals surface area (Å²) in [6, 6.07) is 24.9. The summed E-state index contributed by atoms with van der Waals surface area (Å²) in [5, 5.41) is 0. The van der Waals surface area contributed by atoms with Crippen molar-refractivity contribution in [3.63, 3.8) is 0 Å².